The largest absolute Gasteiger partial charge is 0.324 e. The number of halogens is 3. The van der Waals surface area contributed by atoms with Gasteiger partial charge in [-0.1, -0.05) is 19.8 Å². The van der Waals surface area contributed by atoms with Crippen molar-refractivity contribution in [2.45, 2.75) is 32.2 Å². The van der Waals surface area contributed by atoms with Crippen LogP contribution in [0.3, 0.4) is 0 Å². The Bertz CT molecular complexity index is 284. The Morgan fingerprint density at radius 2 is 1.73 bits per heavy atom. The average molecular weight is 236 g/mol. The van der Waals surface area contributed by atoms with Gasteiger partial charge in [0.1, 0.15) is 11.6 Å². The quantitative estimate of drug-likeness (QED) is 0.848. The van der Waals surface area contributed by atoms with Crippen LogP contribution in [0.5, 0.6) is 0 Å². The Morgan fingerprint density at radius 3 is 2.20 bits per heavy atom. The molecule has 0 saturated heterocycles. The molecule has 2 N–H and O–H groups in total. The number of rotatable bonds is 4. The molecule has 86 valence electrons. The minimum atomic E-state index is -0.563. The predicted octanol–water partition coefficient (Wildman–Crippen LogP) is 3.58. The third-order valence-electron chi connectivity index (χ3n) is 2.18. The molecule has 0 amide bonds. The highest BCUT2D eigenvalue weighted by molar-refractivity contribution is 5.85. The van der Waals surface area contributed by atoms with E-state index in [0.29, 0.717) is 5.56 Å². The fourth-order valence-electron chi connectivity index (χ4n) is 1.38. The van der Waals surface area contributed by atoms with E-state index in [4.69, 9.17) is 5.73 Å². The summed E-state index contributed by atoms with van der Waals surface area (Å²) < 4.78 is 25.6. The van der Waals surface area contributed by atoms with Crippen molar-refractivity contribution in [3.8, 4) is 0 Å². The second-order valence-corrected chi connectivity index (χ2v) is 3.45. The van der Waals surface area contributed by atoms with E-state index in [1.807, 2.05) is 0 Å². The molecule has 4 heteroatoms. The molecule has 0 saturated carbocycles. The van der Waals surface area contributed by atoms with Crippen molar-refractivity contribution < 1.29 is 8.78 Å². The smallest absolute Gasteiger partial charge is 0.126 e. The van der Waals surface area contributed by atoms with Gasteiger partial charge in [0, 0.05) is 12.1 Å². The number of hydrogen-bond donors (Lipinski definition) is 1. The standard InChI is InChI=1S/C11H15F2N.ClH/c1-2-3-4-11(14)8-5-9(12)7-10(13)6-8;/h5-7,11H,2-4,14H2,1H3;1H/t11-;/m1./s1. The Labute approximate surface area is 95.1 Å². The molecule has 0 unspecified atom stereocenters. The minimum Gasteiger partial charge on any atom is -0.324 e. The highest BCUT2D eigenvalue weighted by Crippen LogP contribution is 2.18. The lowest BCUT2D eigenvalue weighted by Gasteiger charge is -2.11. The summed E-state index contributed by atoms with van der Waals surface area (Å²) in [4.78, 5) is 0. The van der Waals surface area contributed by atoms with Gasteiger partial charge in [-0.25, -0.2) is 8.78 Å². The first-order valence-electron chi connectivity index (χ1n) is 4.85. The van der Waals surface area contributed by atoms with Crippen LogP contribution in [0.4, 0.5) is 8.78 Å². The molecule has 1 nitrogen and oxygen atoms in total. The van der Waals surface area contributed by atoms with Gasteiger partial charge in [-0.05, 0) is 24.1 Å². The van der Waals surface area contributed by atoms with Crippen LogP contribution in [0, 0.1) is 11.6 Å². The van der Waals surface area contributed by atoms with Crippen molar-refractivity contribution >= 4 is 12.4 Å². The zero-order valence-corrected chi connectivity index (χ0v) is 9.49. The van der Waals surface area contributed by atoms with Gasteiger partial charge in [0.15, 0.2) is 0 Å². The second-order valence-electron chi connectivity index (χ2n) is 3.45. The van der Waals surface area contributed by atoms with E-state index in [-0.39, 0.29) is 18.4 Å². The molecule has 1 aromatic carbocycles. The van der Waals surface area contributed by atoms with E-state index >= 15 is 0 Å². The first kappa shape index (κ1) is 14.3. The van der Waals surface area contributed by atoms with Crippen molar-refractivity contribution in [1.29, 1.82) is 0 Å². The summed E-state index contributed by atoms with van der Waals surface area (Å²) in [6, 6.07) is 3.18. The van der Waals surface area contributed by atoms with Gasteiger partial charge in [-0.3, -0.25) is 0 Å². The highest BCUT2D eigenvalue weighted by atomic mass is 35.5. The number of hydrogen-bond acceptors (Lipinski definition) is 1. The summed E-state index contributed by atoms with van der Waals surface area (Å²) in [7, 11) is 0. The number of benzene rings is 1. The molecule has 0 heterocycles. The molecule has 0 spiro atoms. The zero-order valence-electron chi connectivity index (χ0n) is 8.67. The second kappa shape index (κ2) is 6.75. The fourth-order valence-corrected chi connectivity index (χ4v) is 1.38. The third-order valence-corrected chi connectivity index (χ3v) is 2.18. The maximum atomic E-state index is 12.8. The highest BCUT2D eigenvalue weighted by Gasteiger charge is 2.08. The van der Waals surface area contributed by atoms with E-state index in [1.165, 1.54) is 12.1 Å². The molecule has 0 radical (unpaired) electrons. The van der Waals surface area contributed by atoms with Gasteiger partial charge in [0.25, 0.3) is 0 Å². The monoisotopic (exact) mass is 235 g/mol. The van der Waals surface area contributed by atoms with Crippen LogP contribution in [0.15, 0.2) is 18.2 Å². The van der Waals surface area contributed by atoms with E-state index in [9.17, 15) is 8.78 Å². The minimum absolute atomic E-state index is 0. The van der Waals surface area contributed by atoms with E-state index in [0.717, 1.165) is 25.3 Å². The Balaban J connectivity index is 0.00000196. The van der Waals surface area contributed by atoms with Crippen LogP contribution in [0.1, 0.15) is 37.8 Å². The molecule has 0 aliphatic carbocycles. The van der Waals surface area contributed by atoms with Gasteiger partial charge in [0.05, 0.1) is 0 Å². The number of nitrogens with two attached hydrogens (primary N) is 1. The SMILES string of the molecule is CCCC[C@@H](N)c1cc(F)cc(F)c1.Cl. The van der Waals surface area contributed by atoms with Crippen LogP contribution in [-0.2, 0) is 0 Å². The number of unbranched alkanes of at least 4 members (excludes halogenated alkanes) is 1. The first-order valence-corrected chi connectivity index (χ1v) is 4.85. The molecule has 15 heavy (non-hydrogen) atoms. The molecule has 0 aliphatic rings. The van der Waals surface area contributed by atoms with Crippen molar-refractivity contribution in [3.63, 3.8) is 0 Å². The lowest BCUT2D eigenvalue weighted by Crippen LogP contribution is -2.10. The topological polar surface area (TPSA) is 26.0 Å². The lowest BCUT2D eigenvalue weighted by molar-refractivity contribution is 0.559. The van der Waals surface area contributed by atoms with Gasteiger partial charge >= 0.3 is 0 Å². The van der Waals surface area contributed by atoms with Crippen LogP contribution in [-0.4, -0.2) is 0 Å². The molecular weight excluding hydrogens is 220 g/mol. The molecule has 0 bridgehead atoms. The van der Waals surface area contributed by atoms with Crippen LogP contribution in [0.25, 0.3) is 0 Å². The molecule has 1 aromatic rings. The third kappa shape index (κ3) is 4.58. The normalized spacial score (nSPS) is 12.0. The first-order chi connectivity index (χ1) is 6.63. The molecule has 0 aromatic heterocycles. The molecule has 1 atom stereocenters. The van der Waals surface area contributed by atoms with Crippen LogP contribution >= 0.6 is 12.4 Å². The predicted molar refractivity (Wildman–Crippen MR) is 60.1 cm³/mol. The zero-order chi connectivity index (χ0) is 10.6. The van der Waals surface area contributed by atoms with E-state index in [2.05, 4.69) is 6.92 Å². The lowest BCUT2D eigenvalue weighted by atomic mass is 10.0. The van der Waals surface area contributed by atoms with Crippen molar-refractivity contribution in [3.05, 3.63) is 35.4 Å². The Hall–Kier alpha value is -0.670. The van der Waals surface area contributed by atoms with Crippen molar-refractivity contribution in [1.82, 2.24) is 0 Å². The van der Waals surface area contributed by atoms with Gasteiger partial charge in [-0.15, -0.1) is 12.4 Å². The van der Waals surface area contributed by atoms with Gasteiger partial charge in [-0.2, -0.15) is 0 Å². The van der Waals surface area contributed by atoms with Crippen LogP contribution < -0.4 is 5.73 Å². The summed E-state index contributed by atoms with van der Waals surface area (Å²) in [6.07, 6.45) is 2.77. The maximum absolute atomic E-state index is 12.8. The maximum Gasteiger partial charge on any atom is 0.126 e. The van der Waals surface area contributed by atoms with Crippen molar-refractivity contribution in [2.75, 3.05) is 0 Å². The van der Waals surface area contributed by atoms with E-state index < -0.39 is 11.6 Å². The molecule has 0 fully saturated rings. The van der Waals surface area contributed by atoms with Gasteiger partial charge in [0.2, 0.25) is 0 Å². The van der Waals surface area contributed by atoms with Gasteiger partial charge < -0.3 is 5.73 Å². The summed E-state index contributed by atoms with van der Waals surface area (Å²) in [5.74, 6) is -1.13. The fraction of sp³-hybridized carbons (Fsp3) is 0.455. The summed E-state index contributed by atoms with van der Waals surface area (Å²) >= 11 is 0. The molecule has 1 rings (SSSR count). The molecule has 0 aliphatic heterocycles. The Morgan fingerprint density at radius 1 is 1.20 bits per heavy atom. The average Bonchev–Trinajstić information content (AvgIpc) is 2.12. The van der Waals surface area contributed by atoms with E-state index in [1.54, 1.807) is 0 Å². The van der Waals surface area contributed by atoms with Crippen LogP contribution in [0.2, 0.25) is 0 Å². The Kier molecular flexibility index (Phi) is 6.45. The van der Waals surface area contributed by atoms with Crippen molar-refractivity contribution in [2.24, 2.45) is 5.73 Å². The summed E-state index contributed by atoms with van der Waals surface area (Å²) in [6.45, 7) is 2.05. The summed E-state index contributed by atoms with van der Waals surface area (Å²) in [5.41, 5.74) is 6.32. The summed E-state index contributed by atoms with van der Waals surface area (Å²) in [5, 5.41) is 0. The molecular formula is C11H16ClF2N.